The van der Waals surface area contributed by atoms with Crippen molar-refractivity contribution in [1.29, 1.82) is 0 Å². The Hall–Kier alpha value is -0.200. The zero-order valence-electron chi connectivity index (χ0n) is 31.8. The Morgan fingerprint density at radius 2 is 0.595 bits per heavy atom. The highest BCUT2D eigenvalue weighted by Crippen LogP contribution is 2.19. The van der Waals surface area contributed by atoms with Gasteiger partial charge in [-0.05, 0) is 73.5 Å². The van der Waals surface area contributed by atoms with E-state index in [1.165, 1.54) is 6.42 Å². The van der Waals surface area contributed by atoms with Crippen LogP contribution in [0.25, 0.3) is 0 Å². The first-order valence-corrected chi connectivity index (χ1v) is 17.3. The van der Waals surface area contributed by atoms with Crippen molar-refractivity contribution in [3.05, 3.63) is 0 Å². The molecule has 0 aromatic carbocycles. The second kappa shape index (κ2) is 33.7. The summed E-state index contributed by atoms with van der Waals surface area (Å²) in [5.41, 5.74) is 1.23. The van der Waals surface area contributed by atoms with Gasteiger partial charge in [-0.2, -0.15) is 0 Å². The summed E-state index contributed by atoms with van der Waals surface area (Å²) >= 11 is 0. The van der Waals surface area contributed by atoms with Gasteiger partial charge in [0.25, 0.3) is 0 Å². The molecule has 0 fully saturated rings. The summed E-state index contributed by atoms with van der Waals surface area (Å²) in [4.78, 5) is 0. The Bertz CT molecular complexity index is 450. The summed E-state index contributed by atoms with van der Waals surface area (Å²) in [6, 6.07) is 0. The molecule has 5 nitrogen and oxygen atoms in total. The zero-order valence-corrected chi connectivity index (χ0v) is 31.8. The highest BCUT2D eigenvalue weighted by Gasteiger charge is 2.10. The van der Waals surface area contributed by atoms with E-state index in [0.29, 0.717) is 16.2 Å². The Morgan fingerprint density at radius 3 is 0.833 bits per heavy atom. The number of hydrogen-bond donors (Lipinski definition) is 0. The molecule has 5 heteroatoms. The third-order valence-corrected chi connectivity index (χ3v) is 5.59. The molecule has 0 aliphatic rings. The monoisotopic (exact) mass is 607 g/mol. The van der Waals surface area contributed by atoms with Crippen LogP contribution in [0.2, 0.25) is 0 Å². The molecule has 0 atom stereocenters. The fourth-order valence-electron chi connectivity index (χ4n) is 2.66. The third kappa shape index (κ3) is 67.5. The molecule has 0 aromatic rings. The average Bonchev–Trinajstić information content (AvgIpc) is 2.86. The van der Waals surface area contributed by atoms with Crippen LogP contribution in [-0.2, 0) is 23.7 Å². The molecule has 0 spiro atoms. The van der Waals surface area contributed by atoms with Crippen LogP contribution in [0, 0.1) is 22.2 Å². The first-order chi connectivity index (χ1) is 19.5. The third-order valence-electron chi connectivity index (χ3n) is 5.59. The molecule has 0 N–H and O–H groups in total. The van der Waals surface area contributed by atoms with E-state index in [0.717, 1.165) is 117 Å². The van der Waals surface area contributed by atoms with Crippen LogP contribution in [0.5, 0.6) is 0 Å². The lowest BCUT2D eigenvalue weighted by Crippen LogP contribution is -2.12. The number of ether oxygens (including phenoxy) is 5. The van der Waals surface area contributed by atoms with Gasteiger partial charge in [-0.15, -0.1) is 0 Å². The molecule has 0 radical (unpaired) electrons. The van der Waals surface area contributed by atoms with Crippen LogP contribution >= 0.6 is 0 Å². The van der Waals surface area contributed by atoms with Crippen molar-refractivity contribution in [2.45, 2.75) is 155 Å². The van der Waals surface area contributed by atoms with Gasteiger partial charge in [-0.25, -0.2) is 0 Å². The van der Waals surface area contributed by atoms with E-state index in [9.17, 15) is 0 Å². The predicted molar refractivity (Wildman–Crippen MR) is 187 cm³/mol. The molecule has 260 valence electrons. The van der Waals surface area contributed by atoms with E-state index < -0.39 is 0 Å². The van der Waals surface area contributed by atoms with Crippen LogP contribution in [-0.4, -0.2) is 66.1 Å². The van der Waals surface area contributed by atoms with E-state index in [2.05, 4.69) is 104 Å². The zero-order chi connectivity index (χ0) is 33.3. The Kier molecular flexibility index (Phi) is 39.1. The summed E-state index contributed by atoms with van der Waals surface area (Å²) in [6.07, 6.45) is 9.11. The van der Waals surface area contributed by atoms with Gasteiger partial charge < -0.3 is 23.7 Å². The van der Waals surface area contributed by atoms with Crippen molar-refractivity contribution < 1.29 is 23.7 Å². The van der Waals surface area contributed by atoms with Gasteiger partial charge in [0.2, 0.25) is 0 Å². The summed E-state index contributed by atoms with van der Waals surface area (Å²) in [5.74, 6) is 0.779. The second-order valence-corrected chi connectivity index (χ2v) is 15.2. The van der Waals surface area contributed by atoms with Crippen molar-refractivity contribution in [3.8, 4) is 0 Å². The van der Waals surface area contributed by atoms with E-state index in [1.54, 1.807) is 0 Å². The van der Waals surface area contributed by atoms with Crippen LogP contribution in [0.3, 0.4) is 0 Å². The Morgan fingerprint density at radius 1 is 0.357 bits per heavy atom. The molecule has 42 heavy (non-hydrogen) atoms. The summed E-state index contributed by atoms with van der Waals surface area (Å²) in [7, 11) is 0. The van der Waals surface area contributed by atoms with Crippen molar-refractivity contribution in [3.63, 3.8) is 0 Å². The number of hydrogen-bond acceptors (Lipinski definition) is 5. The fourth-order valence-corrected chi connectivity index (χ4v) is 2.66. The van der Waals surface area contributed by atoms with Gasteiger partial charge in [-0.1, -0.05) is 104 Å². The van der Waals surface area contributed by atoms with E-state index in [4.69, 9.17) is 23.7 Å². The van der Waals surface area contributed by atoms with Crippen molar-refractivity contribution in [1.82, 2.24) is 0 Å². The standard InChI is InChI=1S/C11H24O2.2C9H20O.C8H18O/c1-5-7-12-9-10-13-8-6-11(2,3)4;2*1-5-7-10-8-6-9(2,3)4;1-4-6-9-7-5-8(2)3/h5-10H2,1-4H3;2*5-8H2,1-4H3;8H,4-7H2,1-3H3. The normalized spacial score (nSPS) is 11.7. The minimum atomic E-state index is 0.379. The van der Waals surface area contributed by atoms with Gasteiger partial charge in [0.05, 0.1) is 13.2 Å². The Labute approximate surface area is 266 Å². The van der Waals surface area contributed by atoms with Crippen LogP contribution in [0.4, 0.5) is 0 Å². The maximum absolute atomic E-state index is 5.43. The summed E-state index contributed by atoms with van der Waals surface area (Å²) in [5, 5.41) is 0. The lowest BCUT2D eigenvalue weighted by molar-refractivity contribution is 0.0390. The highest BCUT2D eigenvalue weighted by atomic mass is 16.5. The molecule has 0 aliphatic heterocycles. The quantitative estimate of drug-likeness (QED) is 0.129. The van der Waals surface area contributed by atoms with E-state index >= 15 is 0 Å². The van der Waals surface area contributed by atoms with Crippen molar-refractivity contribution >= 4 is 0 Å². The largest absolute Gasteiger partial charge is 0.381 e. The van der Waals surface area contributed by atoms with E-state index in [-0.39, 0.29) is 0 Å². The molecule has 0 amide bonds. The summed E-state index contributed by atoms with van der Waals surface area (Å²) in [6.45, 7) is 41.7. The van der Waals surface area contributed by atoms with E-state index in [1.807, 2.05) is 0 Å². The predicted octanol–water partition coefficient (Wildman–Crippen LogP) is 11.0. The molecule has 0 aliphatic carbocycles. The number of rotatable bonds is 20. The maximum atomic E-state index is 5.43. The minimum absolute atomic E-state index is 0.379. The van der Waals surface area contributed by atoms with Crippen LogP contribution < -0.4 is 0 Å². The second-order valence-electron chi connectivity index (χ2n) is 15.2. The first-order valence-electron chi connectivity index (χ1n) is 17.3. The molecule has 0 saturated heterocycles. The van der Waals surface area contributed by atoms with Gasteiger partial charge in [0.1, 0.15) is 0 Å². The smallest absolute Gasteiger partial charge is 0.0700 e. The van der Waals surface area contributed by atoms with Gasteiger partial charge in [-0.3, -0.25) is 0 Å². The fraction of sp³-hybridized carbons (Fsp3) is 1.00. The molecule has 0 bridgehead atoms. The lowest BCUT2D eigenvalue weighted by atomic mass is 9.93. The Balaban J connectivity index is -0.000000232. The average molecular weight is 607 g/mol. The molecule has 0 saturated carbocycles. The summed E-state index contributed by atoms with van der Waals surface area (Å²) < 4.78 is 26.7. The SMILES string of the molecule is CCCOCCC(C)(C)C.CCCOCCC(C)(C)C.CCCOCCC(C)C.CCCOCCOCCC(C)(C)C. The molecule has 0 heterocycles. The van der Waals surface area contributed by atoms with Crippen molar-refractivity contribution in [2.24, 2.45) is 22.2 Å². The van der Waals surface area contributed by atoms with Crippen molar-refractivity contribution in [2.75, 3.05) is 66.1 Å². The topological polar surface area (TPSA) is 46.2 Å². The van der Waals surface area contributed by atoms with Gasteiger partial charge in [0.15, 0.2) is 0 Å². The maximum Gasteiger partial charge on any atom is 0.0700 e. The van der Waals surface area contributed by atoms with Gasteiger partial charge in [0, 0.05) is 52.9 Å². The lowest BCUT2D eigenvalue weighted by Gasteiger charge is -2.17. The molecule has 0 aromatic heterocycles. The molecular weight excluding hydrogens is 524 g/mol. The molecular formula is C37H82O5. The van der Waals surface area contributed by atoms with Crippen LogP contribution in [0.15, 0.2) is 0 Å². The highest BCUT2D eigenvalue weighted by molar-refractivity contribution is 4.61. The molecule has 0 rings (SSSR count). The minimum Gasteiger partial charge on any atom is -0.381 e. The first kappa shape index (κ1) is 48.7. The molecule has 0 unspecified atom stereocenters. The van der Waals surface area contributed by atoms with Crippen LogP contribution in [0.1, 0.15) is 155 Å². The van der Waals surface area contributed by atoms with Gasteiger partial charge >= 0.3 is 0 Å².